The van der Waals surface area contributed by atoms with E-state index in [0.717, 1.165) is 16.8 Å². The van der Waals surface area contributed by atoms with E-state index >= 15 is 0 Å². The zero-order valence-corrected chi connectivity index (χ0v) is 22.1. The van der Waals surface area contributed by atoms with Crippen molar-refractivity contribution in [3.63, 3.8) is 0 Å². The van der Waals surface area contributed by atoms with Gasteiger partial charge in [-0.15, -0.1) is 5.92 Å². The minimum atomic E-state index is -0.111. The number of nitrogens with zero attached hydrogens (tertiary/aromatic N) is 2. The first-order valence-corrected chi connectivity index (χ1v) is 9.71. The van der Waals surface area contributed by atoms with Gasteiger partial charge in [0.15, 0.2) is 5.75 Å². The van der Waals surface area contributed by atoms with Crippen LogP contribution in [0.25, 0.3) is 11.1 Å². The molecule has 1 heterocycles. The van der Waals surface area contributed by atoms with Crippen LogP contribution in [0.2, 0.25) is 0 Å². The number of benzene rings is 1. The maximum atomic E-state index is 13.2. The number of aryl methyl sites for hydroxylation is 2. The van der Waals surface area contributed by atoms with Crippen LogP contribution in [0.15, 0.2) is 29.1 Å². The molecule has 1 radical (unpaired) electrons. The molecule has 0 aliphatic heterocycles. The van der Waals surface area contributed by atoms with Gasteiger partial charge in [0.2, 0.25) is 0 Å². The molecule has 0 fully saturated rings. The minimum Gasteiger partial charge on any atom is -0.478 e. The van der Waals surface area contributed by atoms with Crippen LogP contribution in [0.5, 0.6) is 5.75 Å². The van der Waals surface area contributed by atoms with Gasteiger partial charge < -0.3 is 12.2 Å². The van der Waals surface area contributed by atoms with Crippen molar-refractivity contribution in [2.45, 2.75) is 61.4 Å². The molecule has 0 bridgehead atoms. The average molecular weight is 472 g/mol. The molecule has 0 saturated heterocycles. The summed E-state index contributed by atoms with van der Waals surface area (Å²) < 4.78 is 7.47. The van der Waals surface area contributed by atoms with Crippen LogP contribution in [0.1, 0.15) is 52.8 Å². The molecule has 2 rings (SSSR count). The minimum absolute atomic E-state index is 0. The van der Waals surface area contributed by atoms with Gasteiger partial charge in [0.05, 0.1) is 5.56 Å². The smallest absolute Gasteiger partial charge is 0.278 e. The van der Waals surface area contributed by atoms with Gasteiger partial charge in [-0.1, -0.05) is 64.8 Å². The summed E-state index contributed by atoms with van der Waals surface area (Å²) in [5, 5.41) is 4.56. The molecule has 0 atom stereocenters. The summed E-state index contributed by atoms with van der Waals surface area (Å²) in [5.74, 6) is 6.61. The molecule has 5 heteroatoms. The third-order valence-corrected chi connectivity index (χ3v) is 3.93. The third-order valence-electron chi connectivity index (χ3n) is 3.93. The average Bonchev–Trinajstić information content (AvgIpc) is 2.66. The zero-order valence-electron chi connectivity index (χ0n) is 19.3. The summed E-state index contributed by atoms with van der Waals surface area (Å²) in [5.41, 5.74) is 3.19. The van der Waals surface area contributed by atoms with Crippen molar-refractivity contribution >= 4 is 0 Å². The Balaban J connectivity index is 0. The predicted molar refractivity (Wildman–Crippen MR) is 120 cm³/mol. The molecular weight excluding hydrogens is 437 g/mol. The number of hydrogen-bond acceptors (Lipinski definition) is 3. The molecule has 0 aliphatic rings. The number of aromatic nitrogens is 2. The van der Waals surface area contributed by atoms with Crippen molar-refractivity contribution in [2.75, 3.05) is 6.61 Å². The molecule has 4 nitrogen and oxygen atoms in total. The molecule has 0 N–H and O–H groups in total. The fourth-order valence-corrected chi connectivity index (χ4v) is 2.73. The third kappa shape index (κ3) is 8.07. The number of rotatable bonds is 6. The zero-order chi connectivity index (χ0) is 20.4. The van der Waals surface area contributed by atoms with E-state index in [1.807, 2.05) is 52.0 Å². The van der Waals surface area contributed by atoms with Gasteiger partial charge in [-0.3, -0.25) is 4.79 Å². The Morgan fingerprint density at radius 1 is 1.21 bits per heavy atom. The Morgan fingerprint density at radius 2 is 1.83 bits per heavy atom. The summed E-state index contributed by atoms with van der Waals surface area (Å²) >= 11 is 0. The normalized spacial score (nSPS) is 9.24. The Labute approximate surface area is 202 Å². The molecular formula is C24H35N2O2Y-. The van der Waals surface area contributed by atoms with Crippen molar-refractivity contribution in [1.29, 1.82) is 0 Å². The van der Waals surface area contributed by atoms with Crippen LogP contribution >= 0.6 is 0 Å². The van der Waals surface area contributed by atoms with Crippen LogP contribution in [-0.2, 0) is 45.7 Å². The first-order chi connectivity index (χ1) is 13.0. The van der Waals surface area contributed by atoms with E-state index in [4.69, 9.17) is 4.74 Å². The number of hydrogen-bond donors (Lipinski definition) is 0. The molecule has 29 heavy (non-hydrogen) atoms. The fourth-order valence-electron chi connectivity index (χ4n) is 2.73. The molecule has 1 aromatic heterocycles. The maximum absolute atomic E-state index is 13.2. The van der Waals surface area contributed by atoms with Crippen molar-refractivity contribution in [3.8, 4) is 28.7 Å². The molecule has 2 aromatic rings. The quantitative estimate of drug-likeness (QED) is 0.423. The van der Waals surface area contributed by atoms with E-state index in [2.05, 4.69) is 30.8 Å². The van der Waals surface area contributed by atoms with E-state index < -0.39 is 0 Å². The number of ether oxygens (including phenoxy) is 1. The molecule has 0 saturated carbocycles. The van der Waals surface area contributed by atoms with Gasteiger partial charge in [0, 0.05) is 39.3 Å². The van der Waals surface area contributed by atoms with E-state index in [9.17, 15) is 4.79 Å². The SMILES string of the molecule is CC.CC#CCOc1c(CC)nn(CC(C)C)c(=O)c1-c1ccccc1C.[CH3-].[Y]. The van der Waals surface area contributed by atoms with Crippen LogP contribution < -0.4 is 10.3 Å². The molecule has 0 spiro atoms. The Bertz CT molecular complexity index is 861. The summed E-state index contributed by atoms with van der Waals surface area (Å²) in [6.07, 6.45) is 0.687. The monoisotopic (exact) mass is 472 g/mol. The van der Waals surface area contributed by atoms with Gasteiger partial charge in [0.25, 0.3) is 5.56 Å². The van der Waals surface area contributed by atoms with Crippen molar-refractivity contribution < 1.29 is 37.4 Å². The second kappa shape index (κ2) is 15.4. The Hall–Kier alpha value is -1.44. The predicted octanol–water partition coefficient (Wildman–Crippen LogP) is 5.31. The van der Waals surface area contributed by atoms with Crippen molar-refractivity contribution in [3.05, 3.63) is 53.3 Å². The van der Waals surface area contributed by atoms with Crippen molar-refractivity contribution in [1.82, 2.24) is 9.78 Å². The fraction of sp³-hybridized carbons (Fsp3) is 0.458. The van der Waals surface area contributed by atoms with Gasteiger partial charge in [-0.2, -0.15) is 5.10 Å². The molecule has 157 valence electrons. The van der Waals surface area contributed by atoms with Crippen LogP contribution in [-0.4, -0.2) is 16.4 Å². The van der Waals surface area contributed by atoms with Gasteiger partial charge in [-0.25, -0.2) is 4.68 Å². The van der Waals surface area contributed by atoms with E-state index in [1.165, 1.54) is 0 Å². The summed E-state index contributed by atoms with van der Waals surface area (Å²) in [6, 6.07) is 7.87. The topological polar surface area (TPSA) is 44.1 Å². The van der Waals surface area contributed by atoms with E-state index in [-0.39, 0.29) is 52.3 Å². The largest absolute Gasteiger partial charge is 0.478 e. The van der Waals surface area contributed by atoms with Crippen LogP contribution in [0.4, 0.5) is 0 Å². The molecule has 1 aromatic carbocycles. The first kappa shape index (κ1) is 29.8. The summed E-state index contributed by atoms with van der Waals surface area (Å²) in [6.45, 7) is 14.8. The van der Waals surface area contributed by atoms with Gasteiger partial charge >= 0.3 is 0 Å². The van der Waals surface area contributed by atoms with Crippen LogP contribution in [0.3, 0.4) is 0 Å². The Kier molecular flexibility index (Phi) is 15.8. The van der Waals surface area contributed by atoms with Gasteiger partial charge in [0.1, 0.15) is 12.3 Å². The summed E-state index contributed by atoms with van der Waals surface area (Å²) in [7, 11) is 0. The van der Waals surface area contributed by atoms with E-state index in [0.29, 0.717) is 30.2 Å². The standard InChI is InChI=1S/C21H26N2O2.C2H6.CH3.Y/c1-6-8-13-25-20-18(7-2)22-23(14-15(3)4)21(24)19(20)17-12-10-9-11-16(17)5;1-2;;/h9-12,15H,7,13-14H2,1-5H3;1-2H3;1H3;/q;;-1;. The maximum Gasteiger partial charge on any atom is 0.278 e. The Morgan fingerprint density at radius 3 is 2.34 bits per heavy atom. The first-order valence-electron chi connectivity index (χ1n) is 9.71. The molecule has 0 amide bonds. The van der Waals surface area contributed by atoms with E-state index in [1.54, 1.807) is 11.6 Å². The van der Waals surface area contributed by atoms with Crippen molar-refractivity contribution in [2.24, 2.45) is 5.92 Å². The molecule has 0 aliphatic carbocycles. The van der Waals surface area contributed by atoms with Gasteiger partial charge in [-0.05, 0) is 37.3 Å². The summed E-state index contributed by atoms with van der Waals surface area (Å²) in [4.78, 5) is 13.2. The molecule has 0 unspecified atom stereocenters. The van der Waals surface area contributed by atoms with Crippen LogP contribution in [0, 0.1) is 32.1 Å². The second-order valence-electron chi connectivity index (χ2n) is 6.42. The second-order valence-corrected chi connectivity index (χ2v) is 6.42.